The van der Waals surface area contributed by atoms with Crippen molar-refractivity contribution in [3.05, 3.63) is 35.4 Å². The molecule has 1 unspecified atom stereocenters. The number of amides is 3. The standard InChI is InChI=1S/C20H21F3N2O3S/c21-20(22,23)14-3-1-2-13(10-14)19(11-16(26)24-6-8-29-9-7-24)12-17(27)25(18(19)28)15-4-5-15/h1-3,10,15H,4-9,11-12H2. The average Bonchev–Trinajstić information content (AvgIpc) is 3.48. The van der Waals surface area contributed by atoms with Gasteiger partial charge >= 0.3 is 6.18 Å². The molecule has 0 aromatic heterocycles. The molecule has 3 fully saturated rings. The lowest BCUT2D eigenvalue weighted by Crippen LogP contribution is -2.45. The second-order valence-corrected chi connectivity index (χ2v) is 9.03. The Hall–Kier alpha value is -2.03. The van der Waals surface area contributed by atoms with Gasteiger partial charge in [-0.3, -0.25) is 19.3 Å². The maximum atomic E-state index is 13.3. The molecule has 1 aromatic rings. The van der Waals surface area contributed by atoms with Gasteiger partial charge in [-0.2, -0.15) is 24.9 Å². The number of benzene rings is 1. The van der Waals surface area contributed by atoms with E-state index in [4.69, 9.17) is 0 Å². The average molecular weight is 426 g/mol. The van der Waals surface area contributed by atoms with Crippen molar-refractivity contribution in [2.75, 3.05) is 24.6 Å². The van der Waals surface area contributed by atoms with Gasteiger partial charge in [0.1, 0.15) is 0 Å². The van der Waals surface area contributed by atoms with Gasteiger partial charge in [0.2, 0.25) is 17.7 Å². The van der Waals surface area contributed by atoms with Gasteiger partial charge in [0.25, 0.3) is 0 Å². The Bertz CT molecular complexity index is 850. The number of likely N-dealkylation sites (tertiary alicyclic amines) is 1. The van der Waals surface area contributed by atoms with Crippen molar-refractivity contribution in [3.63, 3.8) is 0 Å². The summed E-state index contributed by atoms with van der Waals surface area (Å²) in [7, 11) is 0. The highest BCUT2D eigenvalue weighted by Gasteiger charge is 2.57. The maximum Gasteiger partial charge on any atom is 0.416 e. The molecule has 5 nitrogen and oxygen atoms in total. The van der Waals surface area contributed by atoms with Crippen LogP contribution in [0.25, 0.3) is 0 Å². The third-order valence-corrected chi connectivity index (χ3v) is 6.76. The number of carbonyl (C=O) groups is 3. The van der Waals surface area contributed by atoms with Crippen molar-refractivity contribution in [1.29, 1.82) is 0 Å². The van der Waals surface area contributed by atoms with Crippen LogP contribution < -0.4 is 0 Å². The van der Waals surface area contributed by atoms with Crippen LogP contribution in [0.2, 0.25) is 0 Å². The lowest BCUT2D eigenvalue weighted by Gasteiger charge is -2.32. The third kappa shape index (κ3) is 3.76. The van der Waals surface area contributed by atoms with Crippen LogP contribution in [0.1, 0.15) is 36.8 Å². The molecule has 2 aliphatic heterocycles. The predicted octanol–water partition coefficient (Wildman–Crippen LogP) is 2.83. The zero-order valence-electron chi connectivity index (χ0n) is 15.7. The fourth-order valence-electron chi connectivity index (χ4n) is 4.11. The van der Waals surface area contributed by atoms with Crippen molar-refractivity contribution >= 4 is 29.5 Å². The fraction of sp³-hybridized carbons (Fsp3) is 0.550. The molecule has 3 amide bonds. The van der Waals surface area contributed by atoms with E-state index in [1.807, 2.05) is 0 Å². The van der Waals surface area contributed by atoms with Crippen LogP contribution in [0.4, 0.5) is 13.2 Å². The van der Waals surface area contributed by atoms with Crippen LogP contribution in [0.5, 0.6) is 0 Å². The van der Waals surface area contributed by atoms with Crippen LogP contribution in [0.3, 0.4) is 0 Å². The van der Waals surface area contributed by atoms with E-state index in [1.165, 1.54) is 17.0 Å². The lowest BCUT2D eigenvalue weighted by molar-refractivity contribution is -0.143. The van der Waals surface area contributed by atoms with Gasteiger partial charge in [-0.25, -0.2) is 0 Å². The molecule has 9 heteroatoms. The molecule has 3 aliphatic rings. The minimum atomic E-state index is -4.58. The van der Waals surface area contributed by atoms with Crippen LogP contribution in [-0.2, 0) is 26.0 Å². The Morgan fingerprint density at radius 2 is 1.86 bits per heavy atom. The molecule has 4 rings (SSSR count). The summed E-state index contributed by atoms with van der Waals surface area (Å²) in [6.07, 6.45) is -3.72. The van der Waals surface area contributed by atoms with Crippen molar-refractivity contribution in [2.45, 2.75) is 43.3 Å². The molecule has 1 aromatic carbocycles. The molecule has 0 radical (unpaired) electrons. The van der Waals surface area contributed by atoms with Crippen LogP contribution in [0, 0.1) is 0 Å². The predicted molar refractivity (Wildman–Crippen MR) is 101 cm³/mol. The van der Waals surface area contributed by atoms with Gasteiger partial charge < -0.3 is 4.90 Å². The highest BCUT2D eigenvalue weighted by molar-refractivity contribution is 7.99. The number of carbonyl (C=O) groups excluding carboxylic acids is 3. The largest absolute Gasteiger partial charge is 0.416 e. The third-order valence-electron chi connectivity index (χ3n) is 5.82. The van der Waals surface area contributed by atoms with Crippen LogP contribution in [-0.4, -0.2) is 58.2 Å². The second kappa shape index (κ2) is 7.34. The lowest BCUT2D eigenvalue weighted by atomic mass is 9.75. The molecule has 0 bridgehead atoms. The highest BCUT2D eigenvalue weighted by Crippen LogP contribution is 2.45. The molecule has 1 saturated carbocycles. The van der Waals surface area contributed by atoms with Crippen molar-refractivity contribution in [2.24, 2.45) is 0 Å². The van der Waals surface area contributed by atoms with Crippen molar-refractivity contribution < 1.29 is 27.6 Å². The van der Waals surface area contributed by atoms with E-state index in [1.54, 1.807) is 16.7 Å². The smallest absolute Gasteiger partial charge is 0.341 e. The first kappa shape index (κ1) is 20.3. The van der Waals surface area contributed by atoms with E-state index in [2.05, 4.69) is 0 Å². The maximum absolute atomic E-state index is 13.3. The summed E-state index contributed by atoms with van der Waals surface area (Å²) in [4.78, 5) is 41.8. The van der Waals surface area contributed by atoms with Crippen LogP contribution in [0.15, 0.2) is 24.3 Å². The summed E-state index contributed by atoms with van der Waals surface area (Å²) in [5.41, 5.74) is -2.36. The van der Waals surface area contributed by atoms with E-state index in [9.17, 15) is 27.6 Å². The second-order valence-electron chi connectivity index (χ2n) is 7.81. The first-order chi connectivity index (χ1) is 13.7. The molecular formula is C20H21F3N2O3S. The summed E-state index contributed by atoms with van der Waals surface area (Å²) in [5.74, 6) is 0.328. The van der Waals surface area contributed by atoms with Gasteiger partial charge in [-0.1, -0.05) is 18.2 Å². The van der Waals surface area contributed by atoms with E-state index in [-0.39, 0.29) is 30.4 Å². The molecule has 1 aliphatic carbocycles. The van der Waals surface area contributed by atoms with E-state index < -0.39 is 29.0 Å². The molecule has 156 valence electrons. The first-order valence-corrected chi connectivity index (χ1v) is 10.8. The summed E-state index contributed by atoms with van der Waals surface area (Å²) >= 11 is 1.72. The Morgan fingerprint density at radius 3 is 2.48 bits per heavy atom. The Labute approximate surface area is 170 Å². The number of hydrogen-bond donors (Lipinski definition) is 0. The quantitative estimate of drug-likeness (QED) is 0.695. The minimum absolute atomic E-state index is 0.0913. The zero-order chi connectivity index (χ0) is 20.8. The SMILES string of the molecule is O=C(CC1(c2cccc(C(F)(F)F)c2)CC(=O)N(C2CC2)C1=O)N1CCSCC1. The minimum Gasteiger partial charge on any atom is -0.341 e. The molecule has 1 atom stereocenters. The molecular weight excluding hydrogens is 405 g/mol. The fourth-order valence-corrected chi connectivity index (χ4v) is 5.01. The topological polar surface area (TPSA) is 57.7 Å². The first-order valence-electron chi connectivity index (χ1n) is 9.62. The summed E-state index contributed by atoms with van der Waals surface area (Å²) in [6, 6.07) is 4.32. The summed E-state index contributed by atoms with van der Waals surface area (Å²) < 4.78 is 39.8. The van der Waals surface area contributed by atoms with Crippen molar-refractivity contribution in [1.82, 2.24) is 9.80 Å². The van der Waals surface area contributed by atoms with E-state index in [0.717, 1.165) is 23.6 Å². The number of hydrogen-bond acceptors (Lipinski definition) is 4. The zero-order valence-corrected chi connectivity index (χ0v) is 16.5. The number of alkyl halides is 3. The Kier molecular flexibility index (Phi) is 5.13. The van der Waals surface area contributed by atoms with Gasteiger partial charge in [0, 0.05) is 43.5 Å². The van der Waals surface area contributed by atoms with Gasteiger partial charge in [0.15, 0.2) is 0 Å². The van der Waals surface area contributed by atoms with Crippen LogP contribution >= 0.6 is 11.8 Å². The number of rotatable bonds is 4. The van der Waals surface area contributed by atoms with Gasteiger partial charge in [-0.15, -0.1) is 0 Å². The molecule has 2 heterocycles. The number of thioether (sulfide) groups is 1. The summed E-state index contributed by atoms with van der Waals surface area (Å²) in [5, 5.41) is 0. The molecule has 0 spiro atoms. The number of imide groups is 1. The Morgan fingerprint density at radius 1 is 1.17 bits per heavy atom. The molecule has 2 saturated heterocycles. The van der Waals surface area contributed by atoms with E-state index >= 15 is 0 Å². The number of halogens is 3. The monoisotopic (exact) mass is 426 g/mol. The van der Waals surface area contributed by atoms with Crippen molar-refractivity contribution in [3.8, 4) is 0 Å². The highest BCUT2D eigenvalue weighted by atomic mass is 32.2. The summed E-state index contributed by atoms with van der Waals surface area (Å²) in [6.45, 7) is 1.08. The van der Waals surface area contributed by atoms with Gasteiger partial charge in [-0.05, 0) is 24.5 Å². The number of nitrogens with zero attached hydrogens (tertiary/aromatic N) is 2. The van der Waals surface area contributed by atoms with E-state index in [0.29, 0.717) is 25.9 Å². The Balaban J connectivity index is 1.73. The van der Waals surface area contributed by atoms with Gasteiger partial charge in [0.05, 0.1) is 11.0 Å². The normalized spacial score (nSPS) is 25.6. The molecule has 0 N–H and O–H groups in total. The molecule has 29 heavy (non-hydrogen) atoms.